The number of benzene rings is 2. The van der Waals surface area contributed by atoms with Gasteiger partial charge < -0.3 is 5.32 Å². The van der Waals surface area contributed by atoms with Gasteiger partial charge >= 0.3 is 0 Å². The van der Waals surface area contributed by atoms with Crippen LogP contribution in [0.1, 0.15) is 40.7 Å². The lowest BCUT2D eigenvalue weighted by atomic mass is 10.0. The topological polar surface area (TPSA) is 70.5 Å². The lowest BCUT2D eigenvalue weighted by molar-refractivity contribution is -0.119. The molecule has 0 radical (unpaired) electrons. The third-order valence-corrected chi connectivity index (χ3v) is 6.54. The van der Waals surface area contributed by atoms with Crippen LogP contribution in [-0.4, -0.2) is 45.6 Å². The van der Waals surface area contributed by atoms with Crippen molar-refractivity contribution in [1.82, 2.24) is 20.0 Å². The van der Waals surface area contributed by atoms with E-state index < -0.39 is 0 Å². The summed E-state index contributed by atoms with van der Waals surface area (Å²) in [5.41, 5.74) is 2.97. The van der Waals surface area contributed by atoms with E-state index >= 15 is 0 Å². The van der Waals surface area contributed by atoms with Gasteiger partial charge in [0, 0.05) is 43.7 Å². The summed E-state index contributed by atoms with van der Waals surface area (Å²) in [4.78, 5) is 29.4. The van der Waals surface area contributed by atoms with Crippen LogP contribution < -0.4 is 10.2 Å². The molecule has 3 heterocycles. The number of anilines is 1. The van der Waals surface area contributed by atoms with Crippen molar-refractivity contribution in [3.63, 3.8) is 0 Å². The Morgan fingerprint density at radius 3 is 2.39 bits per heavy atom. The Bertz CT molecular complexity index is 1100. The van der Waals surface area contributed by atoms with E-state index in [4.69, 9.17) is 0 Å². The Hall–Kier alpha value is -3.45. The predicted octanol–water partition coefficient (Wildman–Crippen LogP) is 3.21. The van der Waals surface area contributed by atoms with Gasteiger partial charge in [-0.3, -0.25) is 19.4 Å². The Morgan fingerprint density at radius 2 is 1.64 bits per heavy atom. The molecule has 0 atom stereocenters. The highest BCUT2D eigenvalue weighted by Crippen LogP contribution is 2.23. The van der Waals surface area contributed by atoms with Crippen molar-refractivity contribution < 1.29 is 9.59 Å². The van der Waals surface area contributed by atoms with Gasteiger partial charge in [0.15, 0.2) is 0 Å². The van der Waals surface area contributed by atoms with Gasteiger partial charge in [0.05, 0.1) is 19.3 Å². The van der Waals surface area contributed by atoms with Gasteiger partial charge in [-0.15, -0.1) is 0 Å². The van der Waals surface area contributed by atoms with E-state index in [-0.39, 0.29) is 17.9 Å². The highest BCUT2D eigenvalue weighted by atomic mass is 16.2. The van der Waals surface area contributed by atoms with Crippen LogP contribution in [0.4, 0.5) is 5.82 Å². The predicted molar refractivity (Wildman–Crippen MR) is 127 cm³/mol. The monoisotopic (exact) mass is 443 g/mol. The Morgan fingerprint density at radius 1 is 0.909 bits per heavy atom. The fraction of sp³-hybridized carbons (Fsp3) is 0.346. The number of hydrogen-bond donors (Lipinski definition) is 1. The number of aromatic nitrogens is 2. The van der Waals surface area contributed by atoms with Gasteiger partial charge in [0.25, 0.3) is 5.91 Å². The number of nitrogens with zero attached hydrogens (tertiary/aromatic N) is 4. The lowest BCUT2D eigenvalue weighted by Crippen LogP contribution is -2.44. The second-order valence-electron chi connectivity index (χ2n) is 8.85. The van der Waals surface area contributed by atoms with Crippen molar-refractivity contribution in [2.75, 3.05) is 18.0 Å². The van der Waals surface area contributed by atoms with Gasteiger partial charge in [0.1, 0.15) is 5.82 Å². The average Bonchev–Trinajstić information content (AvgIpc) is 3.32. The molecule has 1 aromatic heterocycles. The summed E-state index contributed by atoms with van der Waals surface area (Å²) in [5.74, 6) is 0.894. The molecule has 0 spiro atoms. The zero-order valence-electron chi connectivity index (χ0n) is 18.7. The molecule has 7 heteroatoms. The summed E-state index contributed by atoms with van der Waals surface area (Å²) in [7, 11) is 0. The highest BCUT2D eigenvalue weighted by Gasteiger charge is 2.25. The van der Waals surface area contributed by atoms with E-state index in [2.05, 4.69) is 39.6 Å². The number of aryl methyl sites for hydroxylation is 1. The first kappa shape index (κ1) is 21.4. The number of amides is 2. The van der Waals surface area contributed by atoms with E-state index in [1.54, 1.807) is 11.1 Å². The van der Waals surface area contributed by atoms with Crippen LogP contribution in [0.2, 0.25) is 0 Å². The summed E-state index contributed by atoms with van der Waals surface area (Å²) in [6, 6.07) is 20.1. The van der Waals surface area contributed by atoms with Crippen LogP contribution in [0.15, 0.2) is 66.9 Å². The lowest BCUT2D eigenvalue weighted by Gasteiger charge is -2.32. The number of fused-ring (bicyclic) bond motifs is 1. The number of hydrogen-bond acceptors (Lipinski definition) is 4. The molecule has 170 valence electrons. The number of nitrogens with one attached hydrogen (secondary N) is 1. The largest absolute Gasteiger partial charge is 0.349 e. The van der Waals surface area contributed by atoms with Gasteiger partial charge in [0.2, 0.25) is 5.91 Å². The van der Waals surface area contributed by atoms with E-state index in [1.807, 2.05) is 41.1 Å². The molecule has 0 bridgehead atoms. The van der Waals surface area contributed by atoms with Crippen LogP contribution in [-0.2, 0) is 24.4 Å². The number of rotatable bonds is 6. The quantitative estimate of drug-likeness (QED) is 0.635. The fourth-order valence-corrected chi connectivity index (χ4v) is 4.65. The molecule has 7 nitrogen and oxygen atoms in total. The van der Waals surface area contributed by atoms with Crippen molar-refractivity contribution >= 4 is 17.6 Å². The maximum atomic E-state index is 12.8. The zero-order chi connectivity index (χ0) is 22.6. The first-order chi connectivity index (χ1) is 16.2. The smallest absolute Gasteiger partial charge is 0.251 e. The minimum absolute atomic E-state index is 0.0322. The molecule has 2 aliphatic rings. The first-order valence-corrected chi connectivity index (χ1v) is 11.6. The van der Waals surface area contributed by atoms with E-state index in [9.17, 15) is 9.59 Å². The number of carbonyl (C=O) groups is 2. The Labute approximate surface area is 194 Å². The third kappa shape index (κ3) is 4.98. The maximum Gasteiger partial charge on any atom is 0.251 e. The first-order valence-electron chi connectivity index (χ1n) is 11.6. The number of piperidine rings is 1. The van der Waals surface area contributed by atoms with Crippen LogP contribution in [0.25, 0.3) is 0 Å². The van der Waals surface area contributed by atoms with Crippen molar-refractivity contribution in [3.05, 3.63) is 83.6 Å². The normalized spacial score (nSPS) is 17.1. The molecule has 3 aromatic rings. The third-order valence-electron chi connectivity index (χ3n) is 6.54. The molecular weight excluding hydrogens is 414 g/mol. The molecule has 33 heavy (non-hydrogen) atoms. The molecule has 1 saturated heterocycles. The summed E-state index contributed by atoms with van der Waals surface area (Å²) in [5, 5.41) is 7.46. The maximum absolute atomic E-state index is 12.8. The summed E-state index contributed by atoms with van der Waals surface area (Å²) < 4.78 is 1.86. The number of carbonyl (C=O) groups excluding carboxylic acids is 2. The van der Waals surface area contributed by atoms with Crippen molar-refractivity contribution in [2.45, 2.75) is 44.9 Å². The minimum Gasteiger partial charge on any atom is -0.349 e. The fourth-order valence-electron chi connectivity index (χ4n) is 4.65. The van der Waals surface area contributed by atoms with Gasteiger partial charge in [-0.1, -0.05) is 42.5 Å². The molecule has 1 fully saturated rings. The van der Waals surface area contributed by atoms with Crippen molar-refractivity contribution in [3.8, 4) is 0 Å². The van der Waals surface area contributed by atoms with E-state index in [0.717, 1.165) is 43.9 Å². The molecular formula is C26H29N5O2. The van der Waals surface area contributed by atoms with Crippen LogP contribution >= 0.6 is 0 Å². The summed E-state index contributed by atoms with van der Waals surface area (Å²) in [6.45, 7) is 4.04. The van der Waals surface area contributed by atoms with E-state index in [1.165, 1.54) is 5.56 Å². The summed E-state index contributed by atoms with van der Waals surface area (Å²) >= 11 is 0. The van der Waals surface area contributed by atoms with Crippen LogP contribution in [0.3, 0.4) is 0 Å². The molecule has 5 rings (SSSR count). The van der Waals surface area contributed by atoms with Crippen LogP contribution in [0.5, 0.6) is 0 Å². The minimum atomic E-state index is -0.0322. The SMILES string of the molecule is O=C(NC1CCN(Cc2ccccc2)CC1)c1ccc(CN2C(=O)CCn3nccc32)cc1. The molecule has 2 aliphatic heterocycles. The second-order valence-corrected chi connectivity index (χ2v) is 8.85. The van der Waals surface area contributed by atoms with Crippen molar-refractivity contribution in [1.29, 1.82) is 0 Å². The van der Waals surface area contributed by atoms with Gasteiger partial charge in [-0.25, -0.2) is 4.68 Å². The Kier molecular flexibility index (Phi) is 6.21. The Balaban J connectivity index is 1.13. The highest BCUT2D eigenvalue weighted by molar-refractivity contribution is 5.95. The van der Waals surface area contributed by atoms with Crippen molar-refractivity contribution in [2.24, 2.45) is 0 Å². The average molecular weight is 444 g/mol. The number of likely N-dealkylation sites (tertiary alicyclic amines) is 1. The zero-order valence-corrected chi connectivity index (χ0v) is 18.7. The molecule has 2 amide bonds. The molecule has 0 unspecified atom stereocenters. The van der Waals surface area contributed by atoms with E-state index in [0.29, 0.717) is 25.1 Å². The second kappa shape index (κ2) is 9.58. The van der Waals surface area contributed by atoms with Gasteiger partial charge in [-0.2, -0.15) is 5.10 Å². The van der Waals surface area contributed by atoms with Gasteiger partial charge in [-0.05, 0) is 36.1 Å². The van der Waals surface area contributed by atoms with Crippen LogP contribution in [0, 0.1) is 0 Å². The molecule has 1 N–H and O–H groups in total. The summed E-state index contributed by atoms with van der Waals surface area (Å²) in [6.07, 6.45) is 4.10. The molecule has 0 saturated carbocycles. The molecule has 2 aromatic carbocycles. The standard InChI is InChI=1S/C26H29N5O2/c32-25-13-17-31-24(10-14-27-31)30(25)19-21-6-8-22(9-7-21)26(33)28-23-11-15-29(16-12-23)18-20-4-2-1-3-5-20/h1-10,14,23H,11-13,15-19H2,(H,28,33). The molecule has 0 aliphatic carbocycles.